The number of benzene rings is 10. The third kappa shape index (κ3) is 6.47. The van der Waals surface area contributed by atoms with Gasteiger partial charge in [0.25, 0.3) is 0 Å². The van der Waals surface area contributed by atoms with Crippen molar-refractivity contribution >= 4 is 88.1 Å². The van der Waals surface area contributed by atoms with Crippen molar-refractivity contribution in [3.05, 3.63) is 235 Å². The fourth-order valence-corrected chi connectivity index (χ4v) is 11.7. The lowest BCUT2D eigenvalue weighted by molar-refractivity contribution is 0.590. The zero-order chi connectivity index (χ0) is 45.6. The van der Waals surface area contributed by atoms with E-state index in [9.17, 15) is 0 Å². The molecule has 4 heteroatoms. The Balaban J connectivity index is 1.04. The van der Waals surface area contributed by atoms with Crippen LogP contribution < -0.4 is 4.90 Å². The molecule has 0 saturated heterocycles. The summed E-state index contributed by atoms with van der Waals surface area (Å²) in [5, 5.41) is 9.38. The highest BCUT2D eigenvalue weighted by atomic mass is 16.3. The van der Waals surface area contributed by atoms with Crippen LogP contribution in [0.1, 0.15) is 41.6 Å². The van der Waals surface area contributed by atoms with Gasteiger partial charge in [-0.3, -0.25) is 4.99 Å². The molecular formula is C65H46N2O2. The number of hydrogen-bond donors (Lipinski definition) is 0. The highest BCUT2D eigenvalue weighted by molar-refractivity contribution is 6.23. The molecule has 0 bridgehead atoms. The van der Waals surface area contributed by atoms with Crippen LogP contribution in [-0.4, -0.2) is 12.3 Å². The van der Waals surface area contributed by atoms with E-state index in [1.807, 2.05) is 0 Å². The van der Waals surface area contributed by atoms with Crippen molar-refractivity contribution in [2.45, 2.75) is 25.8 Å². The number of anilines is 2. The number of para-hydroxylation sites is 2. The second-order valence-corrected chi connectivity index (χ2v) is 18.8. The molecule has 1 unspecified atom stereocenters. The first-order valence-corrected chi connectivity index (χ1v) is 24.2. The number of nitrogens with zero attached hydrogens (tertiary/aromatic N) is 2. The Kier molecular flexibility index (Phi) is 9.10. The van der Waals surface area contributed by atoms with Crippen LogP contribution in [0.5, 0.6) is 0 Å². The van der Waals surface area contributed by atoms with E-state index in [-0.39, 0.29) is 12.0 Å². The molecule has 4 heterocycles. The van der Waals surface area contributed by atoms with E-state index in [1.54, 1.807) is 0 Å². The van der Waals surface area contributed by atoms with Gasteiger partial charge in [-0.25, -0.2) is 0 Å². The van der Waals surface area contributed by atoms with Crippen LogP contribution >= 0.6 is 0 Å². The van der Waals surface area contributed by atoms with E-state index in [0.29, 0.717) is 6.42 Å². The summed E-state index contributed by atoms with van der Waals surface area (Å²) < 4.78 is 13.4. The van der Waals surface area contributed by atoms with Gasteiger partial charge in [0.1, 0.15) is 22.3 Å². The summed E-state index contributed by atoms with van der Waals surface area (Å²) in [7, 11) is 0. The van der Waals surface area contributed by atoms with Crippen LogP contribution in [0.2, 0.25) is 0 Å². The molecule has 2 aliphatic heterocycles. The number of hydrogen-bond acceptors (Lipinski definition) is 4. The molecule has 69 heavy (non-hydrogen) atoms. The summed E-state index contributed by atoms with van der Waals surface area (Å²) in [4.78, 5) is 8.73. The first kappa shape index (κ1) is 39.7. The first-order chi connectivity index (χ1) is 34.1. The zero-order valence-electron chi connectivity index (χ0n) is 38.2. The van der Waals surface area contributed by atoms with E-state index in [2.05, 4.69) is 224 Å². The van der Waals surface area contributed by atoms with Gasteiger partial charge in [-0.2, -0.15) is 0 Å². The van der Waals surface area contributed by atoms with Crippen LogP contribution in [0.4, 0.5) is 11.4 Å². The highest BCUT2D eigenvalue weighted by Crippen LogP contribution is 2.49. The van der Waals surface area contributed by atoms with Crippen molar-refractivity contribution in [1.29, 1.82) is 0 Å². The van der Waals surface area contributed by atoms with Crippen molar-refractivity contribution in [1.82, 2.24) is 0 Å². The van der Waals surface area contributed by atoms with E-state index >= 15 is 0 Å². The lowest BCUT2D eigenvalue weighted by atomic mass is 9.83. The first-order valence-electron chi connectivity index (χ1n) is 24.2. The third-order valence-corrected chi connectivity index (χ3v) is 15.0. The molecule has 12 aromatic rings. The molecule has 0 aliphatic carbocycles. The van der Waals surface area contributed by atoms with Crippen molar-refractivity contribution in [3.63, 3.8) is 0 Å². The van der Waals surface area contributed by atoms with Crippen LogP contribution in [0.15, 0.2) is 226 Å². The number of aliphatic imine (C=N–C) groups is 1. The molecule has 10 aromatic carbocycles. The van der Waals surface area contributed by atoms with E-state index < -0.39 is 0 Å². The second kappa shape index (κ2) is 15.8. The molecule has 0 spiro atoms. The molecule has 2 aliphatic rings. The molecule has 0 amide bonds. The lowest BCUT2D eigenvalue weighted by Gasteiger charge is -2.29. The van der Waals surface area contributed by atoms with Crippen LogP contribution in [0.3, 0.4) is 0 Å². The Bertz CT molecular complexity index is 4100. The number of fused-ring (bicyclic) bond motifs is 11. The zero-order valence-corrected chi connectivity index (χ0v) is 38.2. The van der Waals surface area contributed by atoms with Gasteiger partial charge in [0.05, 0.1) is 11.7 Å². The predicted octanol–water partition coefficient (Wildman–Crippen LogP) is 17.5. The van der Waals surface area contributed by atoms with Gasteiger partial charge >= 0.3 is 0 Å². The van der Waals surface area contributed by atoms with Crippen molar-refractivity contribution in [2.24, 2.45) is 10.9 Å². The van der Waals surface area contributed by atoms with Crippen molar-refractivity contribution < 1.29 is 8.83 Å². The molecule has 4 nitrogen and oxygen atoms in total. The lowest BCUT2D eigenvalue weighted by Crippen LogP contribution is -2.22. The quantitative estimate of drug-likeness (QED) is 0.173. The van der Waals surface area contributed by atoms with Crippen LogP contribution in [0, 0.1) is 5.92 Å². The normalized spacial score (nSPS) is 16.2. The maximum Gasteiger partial charge on any atom is 0.136 e. The van der Waals surface area contributed by atoms with Gasteiger partial charge in [0.2, 0.25) is 0 Å². The average Bonchev–Trinajstić information content (AvgIpc) is 3.88. The van der Waals surface area contributed by atoms with Gasteiger partial charge < -0.3 is 13.7 Å². The van der Waals surface area contributed by atoms with Gasteiger partial charge in [-0.05, 0) is 122 Å². The summed E-state index contributed by atoms with van der Waals surface area (Å²) in [6, 6.07) is 74.7. The fourth-order valence-electron chi connectivity index (χ4n) is 11.7. The third-order valence-electron chi connectivity index (χ3n) is 15.0. The van der Waals surface area contributed by atoms with Gasteiger partial charge in [-0.15, -0.1) is 0 Å². The topological polar surface area (TPSA) is 41.9 Å². The maximum absolute atomic E-state index is 6.78. The number of rotatable bonds is 5. The minimum absolute atomic E-state index is 0.00504. The van der Waals surface area contributed by atoms with E-state index in [4.69, 9.17) is 13.8 Å². The SMILES string of the molecule is C[C@H]1C(c2cccc(-c3ccccc3)c2)=CCC(c2c(N3CCc4cc5ccccc5cc4-c4cc5ccccc5cc43)ccc3oc4ccccc4c23)=NC1c1cccc2oc3ccccc3c12. The maximum atomic E-state index is 6.78. The number of allylic oxidation sites excluding steroid dienone is 1. The molecule has 328 valence electrons. The Hall–Kier alpha value is -8.47. The second-order valence-electron chi connectivity index (χ2n) is 18.8. The highest BCUT2D eigenvalue weighted by Gasteiger charge is 2.33. The molecule has 0 N–H and O–H groups in total. The van der Waals surface area contributed by atoms with Crippen LogP contribution in [0.25, 0.3) is 93.2 Å². The largest absolute Gasteiger partial charge is 0.456 e. The van der Waals surface area contributed by atoms with E-state index in [0.717, 1.165) is 79.4 Å². The Morgan fingerprint density at radius 3 is 1.84 bits per heavy atom. The van der Waals surface area contributed by atoms with Gasteiger partial charge in [0.15, 0.2) is 0 Å². The summed E-state index contributed by atoms with van der Waals surface area (Å²) in [5.41, 5.74) is 17.9. The fraction of sp³-hybridized carbons (Fsp3) is 0.0923. The Morgan fingerprint density at radius 2 is 1.07 bits per heavy atom. The molecule has 2 aromatic heterocycles. The molecule has 0 radical (unpaired) electrons. The summed E-state index contributed by atoms with van der Waals surface area (Å²) >= 11 is 0. The minimum atomic E-state index is -0.253. The predicted molar refractivity (Wildman–Crippen MR) is 288 cm³/mol. The average molecular weight is 887 g/mol. The standard InChI is InChI=1S/C65H46N2O2/c1-40-49(47-22-13-21-42(35-47)41-15-3-2-4-16-41)29-30-55(66-65(40)52-25-14-28-60-62(52)50-23-9-11-26-58(50)68-60)64-56(31-32-61-63(64)51-24-10-12-27-59(51)69-61)67-34-33-48-36-43-17-5-6-18-44(43)37-53(48)54-38-45-19-7-8-20-46(45)39-57(54)67/h2-29,31-32,35-40,65H,30,33-34H2,1H3/t40-,65?/m0/s1. The number of furan rings is 2. The van der Waals surface area contributed by atoms with Crippen molar-refractivity contribution in [2.75, 3.05) is 11.4 Å². The summed E-state index contributed by atoms with van der Waals surface area (Å²) in [6.07, 6.45) is 3.97. The van der Waals surface area contributed by atoms with E-state index in [1.165, 1.54) is 66.2 Å². The van der Waals surface area contributed by atoms with Crippen LogP contribution in [-0.2, 0) is 6.42 Å². The molecule has 2 atom stereocenters. The van der Waals surface area contributed by atoms with Crippen molar-refractivity contribution in [3.8, 4) is 22.3 Å². The molecule has 0 saturated carbocycles. The Labute approximate surface area is 400 Å². The molecular weight excluding hydrogens is 841 g/mol. The summed E-state index contributed by atoms with van der Waals surface area (Å²) in [5.74, 6) is 0.00504. The summed E-state index contributed by atoms with van der Waals surface area (Å²) in [6.45, 7) is 3.15. The van der Waals surface area contributed by atoms with Gasteiger partial charge in [-0.1, -0.05) is 165 Å². The molecule has 0 fully saturated rings. The monoisotopic (exact) mass is 886 g/mol. The molecule has 14 rings (SSSR count). The Morgan fingerprint density at radius 1 is 0.478 bits per heavy atom. The minimum Gasteiger partial charge on any atom is -0.456 e. The smallest absolute Gasteiger partial charge is 0.136 e. The van der Waals surface area contributed by atoms with Gasteiger partial charge in [0, 0.05) is 63.0 Å².